The second-order valence-corrected chi connectivity index (χ2v) is 16.5. The van der Waals surface area contributed by atoms with Gasteiger partial charge in [-0.2, -0.15) is 4.31 Å². The number of fused-ring (bicyclic) bond motifs is 1. The summed E-state index contributed by atoms with van der Waals surface area (Å²) in [6, 6.07) is 23.3. The van der Waals surface area contributed by atoms with E-state index in [0.29, 0.717) is 31.6 Å². The van der Waals surface area contributed by atoms with Crippen molar-refractivity contribution in [2.24, 2.45) is 17.0 Å². The van der Waals surface area contributed by atoms with Crippen molar-refractivity contribution < 1.29 is 28.3 Å². The maximum absolute atomic E-state index is 14.4. The predicted molar refractivity (Wildman–Crippen MR) is 208 cm³/mol. The van der Waals surface area contributed by atoms with Crippen LogP contribution in [-0.4, -0.2) is 100 Å². The predicted octanol–water partition coefficient (Wildman–Crippen LogP) is 5.27. The first kappa shape index (κ1) is 38.9. The molecule has 2 aliphatic rings. The molecule has 1 aromatic heterocycles. The van der Waals surface area contributed by atoms with E-state index in [9.17, 15) is 23.1 Å². The Balaban J connectivity index is 1.23. The number of hydrogen-bond acceptors (Lipinski definition) is 8. The fourth-order valence-electron chi connectivity index (χ4n) is 7.37. The Morgan fingerprint density at radius 2 is 1.76 bits per heavy atom. The van der Waals surface area contributed by atoms with Crippen LogP contribution in [0.1, 0.15) is 56.2 Å². The quantitative estimate of drug-likeness (QED) is 0.0754. The second-order valence-electron chi connectivity index (χ2n) is 14.5. The Morgan fingerprint density at radius 3 is 2.44 bits per heavy atom. The first-order valence-electron chi connectivity index (χ1n) is 18.8. The largest absolute Gasteiger partial charge is 0.411 e. The van der Waals surface area contributed by atoms with Crippen LogP contribution >= 0.6 is 0 Å². The monoisotopic (exact) mass is 754 g/mol. The highest BCUT2D eigenvalue weighted by atomic mass is 32.2. The highest BCUT2D eigenvalue weighted by Crippen LogP contribution is 2.30. The van der Waals surface area contributed by atoms with Crippen LogP contribution in [0.25, 0.3) is 10.9 Å². The van der Waals surface area contributed by atoms with Gasteiger partial charge in [-0.1, -0.05) is 92.5 Å². The van der Waals surface area contributed by atoms with Crippen LogP contribution in [0.2, 0.25) is 0 Å². The number of aromatic nitrogens is 1. The normalized spacial score (nSPS) is 17.5. The molecular formula is C41H50N6O6S. The van der Waals surface area contributed by atoms with Crippen LogP contribution in [0.3, 0.4) is 0 Å². The lowest BCUT2D eigenvalue weighted by molar-refractivity contribution is -0.128. The van der Waals surface area contributed by atoms with Gasteiger partial charge in [0.1, 0.15) is 6.04 Å². The summed E-state index contributed by atoms with van der Waals surface area (Å²) in [4.78, 5) is 36.4. The Hall–Kier alpha value is -4.85. The first-order valence-corrected chi connectivity index (χ1v) is 20.2. The smallest absolute Gasteiger partial charge is 0.321 e. The van der Waals surface area contributed by atoms with Gasteiger partial charge in [0.15, 0.2) is 0 Å². The summed E-state index contributed by atoms with van der Waals surface area (Å²) < 4.78 is 29.5. The fraction of sp³-hybridized carbons (Fsp3) is 0.415. The van der Waals surface area contributed by atoms with Crippen LogP contribution in [0.4, 0.5) is 4.79 Å². The number of pyridine rings is 1. The highest BCUT2D eigenvalue weighted by molar-refractivity contribution is 7.89. The zero-order valence-electron chi connectivity index (χ0n) is 30.9. The Morgan fingerprint density at radius 1 is 1.04 bits per heavy atom. The number of urea groups is 1. The average Bonchev–Trinajstić information content (AvgIpc) is 3.51. The molecule has 4 aromatic rings. The van der Waals surface area contributed by atoms with Crippen LogP contribution in [0.5, 0.6) is 0 Å². The summed E-state index contributed by atoms with van der Waals surface area (Å²) in [6.45, 7) is 5.14. The van der Waals surface area contributed by atoms with Crippen molar-refractivity contribution >= 4 is 39.1 Å². The van der Waals surface area contributed by atoms with E-state index in [4.69, 9.17) is 5.21 Å². The maximum Gasteiger partial charge on any atom is 0.321 e. The number of carbonyl (C=O) groups is 2. The lowest BCUT2D eigenvalue weighted by Crippen LogP contribution is -2.57. The molecule has 4 atom stereocenters. The van der Waals surface area contributed by atoms with E-state index in [2.05, 4.69) is 15.5 Å². The van der Waals surface area contributed by atoms with Gasteiger partial charge in [-0.3, -0.25) is 9.78 Å². The van der Waals surface area contributed by atoms with Crippen molar-refractivity contribution in [3.05, 3.63) is 108 Å². The van der Waals surface area contributed by atoms with Crippen molar-refractivity contribution in [1.82, 2.24) is 24.4 Å². The third kappa shape index (κ3) is 8.91. The number of aliphatic hydroxyl groups is 1. The third-order valence-corrected chi connectivity index (χ3v) is 12.8. The molecule has 3 amide bonds. The van der Waals surface area contributed by atoms with Crippen molar-refractivity contribution in [2.75, 3.05) is 26.2 Å². The molecule has 13 heteroatoms. The molecule has 1 saturated heterocycles. The van der Waals surface area contributed by atoms with E-state index in [1.807, 2.05) is 74.5 Å². The number of oxime groups is 1. The van der Waals surface area contributed by atoms with E-state index >= 15 is 0 Å². The number of aliphatic hydroxyl groups excluding tert-OH is 1. The van der Waals surface area contributed by atoms with Gasteiger partial charge < -0.3 is 25.4 Å². The maximum atomic E-state index is 14.4. The van der Waals surface area contributed by atoms with Gasteiger partial charge in [0.2, 0.25) is 15.9 Å². The van der Waals surface area contributed by atoms with Crippen molar-refractivity contribution in [2.45, 2.75) is 75.6 Å². The molecule has 286 valence electrons. The van der Waals surface area contributed by atoms with Crippen molar-refractivity contribution in [3.63, 3.8) is 0 Å². The van der Waals surface area contributed by atoms with Gasteiger partial charge >= 0.3 is 6.03 Å². The lowest BCUT2D eigenvalue weighted by atomic mass is 9.85. The number of hydrogen-bond donors (Lipinski definition) is 3. The first-order chi connectivity index (χ1) is 26.1. The second kappa shape index (κ2) is 17.5. The van der Waals surface area contributed by atoms with E-state index in [1.54, 1.807) is 28.1 Å². The van der Waals surface area contributed by atoms with Gasteiger partial charge in [0, 0.05) is 44.3 Å². The molecule has 0 bridgehead atoms. The van der Waals surface area contributed by atoms with Gasteiger partial charge in [0.25, 0.3) is 0 Å². The lowest BCUT2D eigenvalue weighted by Gasteiger charge is -2.36. The molecule has 6 rings (SSSR count). The minimum absolute atomic E-state index is 0.0569. The van der Waals surface area contributed by atoms with E-state index in [-0.39, 0.29) is 48.2 Å². The van der Waals surface area contributed by atoms with Crippen molar-refractivity contribution in [3.8, 4) is 0 Å². The number of nitrogens with one attached hydrogen (secondary N) is 1. The van der Waals surface area contributed by atoms with Crippen LogP contribution < -0.4 is 5.32 Å². The molecule has 2 fully saturated rings. The number of rotatable bonds is 17. The molecule has 1 saturated carbocycles. The summed E-state index contributed by atoms with van der Waals surface area (Å²) in [5.41, 5.74) is 3.23. The summed E-state index contributed by atoms with van der Waals surface area (Å²) in [5, 5.41) is 27.9. The molecule has 3 N–H and O–H groups in total. The topological polar surface area (TPSA) is 156 Å². The number of nitrogens with zero attached hydrogens (tertiary/aromatic N) is 5. The van der Waals surface area contributed by atoms with Gasteiger partial charge in [-0.25, -0.2) is 13.2 Å². The fourth-order valence-corrected chi connectivity index (χ4v) is 8.90. The SMILES string of the molecule is CC[C@H](C)[C@@H](C(=O)N[C@@H](Cc1ccccc1)[C@@H](O)CN(CC1CCC1)S(=O)(=O)c1ccc(C=NO)cc1)N1CCN(Cc2ccnc3ccccc23)C1=O. The number of carbonyl (C=O) groups excluding carboxylic acids is 2. The molecule has 12 nitrogen and oxygen atoms in total. The third-order valence-electron chi connectivity index (χ3n) is 10.9. The molecule has 0 spiro atoms. The molecule has 0 unspecified atom stereocenters. The zero-order chi connectivity index (χ0) is 38.2. The minimum atomic E-state index is -4.04. The van der Waals surface area contributed by atoms with Gasteiger partial charge in [-0.05, 0) is 72.1 Å². The van der Waals surface area contributed by atoms with E-state index in [1.165, 1.54) is 22.7 Å². The van der Waals surface area contributed by atoms with Crippen LogP contribution in [0, 0.1) is 11.8 Å². The molecule has 2 heterocycles. The van der Waals surface area contributed by atoms with Crippen LogP contribution in [-0.2, 0) is 27.8 Å². The summed E-state index contributed by atoms with van der Waals surface area (Å²) in [5.74, 6) is -0.415. The Labute approximate surface area is 317 Å². The zero-order valence-corrected chi connectivity index (χ0v) is 31.7. The summed E-state index contributed by atoms with van der Waals surface area (Å²) in [6.07, 6.45) is 5.39. The van der Waals surface area contributed by atoms with Crippen molar-refractivity contribution in [1.29, 1.82) is 0 Å². The van der Waals surface area contributed by atoms with Gasteiger partial charge in [-0.15, -0.1) is 0 Å². The molecular weight excluding hydrogens is 705 g/mol. The van der Waals surface area contributed by atoms with Crippen LogP contribution in [0.15, 0.2) is 101 Å². The number of sulfonamides is 1. The molecule has 1 aliphatic heterocycles. The van der Waals surface area contributed by atoms with E-state index in [0.717, 1.165) is 41.3 Å². The Bertz CT molecular complexity index is 2020. The van der Waals surface area contributed by atoms with Gasteiger partial charge in [0.05, 0.1) is 28.8 Å². The molecule has 0 radical (unpaired) electrons. The molecule has 3 aromatic carbocycles. The minimum Gasteiger partial charge on any atom is -0.411 e. The molecule has 1 aliphatic carbocycles. The number of benzene rings is 3. The number of para-hydroxylation sites is 1. The average molecular weight is 755 g/mol. The highest BCUT2D eigenvalue weighted by Gasteiger charge is 2.41. The summed E-state index contributed by atoms with van der Waals surface area (Å²) >= 11 is 0. The molecule has 54 heavy (non-hydrogen) atoms. The van der Waals surface area contributed by atoms with E-state index < -0.39 is 28.2 Å². The number of amides is 3. The Kier molecular flexibility index (Phi) is 12.6. The summed E-state index contributed by atoms with van der Waals surface area (Å²) in [7, 11) is -4.04. The standard InChI is InChI=1S/C41H50N6O6S/c1-3-29(2)39(47-23-22-45(41(47)50)27-33-20-21-42-36-15-8-7-14-35(33)36)40(49)44-37(24-30-10-5-4-6-11-30)38(48)28-46(26-32-12-9-13-32)54(52,53)34-18-16-31(17-19-34)25-43-51/h4-8,10-11,14-21,25,29,32,37-39,48,51H,3,9,12-13,22-24,26-28H2,1-2H3,(H,44,49)/t29-,37-,38-,39-/m0/s1.